The molecule has 3 atom stereocenters. The number of carbonyl (C=O) groups excluding carboxylic acids is 2. The minimum Gasteiger partial charge on any atom is -0.390 e. The summed E-state index contributed by atoms with van der Waals surface area (Å²) in [5.74, 6) is -3.14. The number of benzene rings is 3. The molecule has 0 aliphatic carbocycles. The van der Waals surface area contributed by atoms with Gasteiger partial charge in [0.05, 0.1) is 23.1 Å². The van der Waals surface area contributed by atoms with E-state index in [9.17, 15) is 31.9 Å². The Morgan fingerprint density at radius 1 is 0.776 bits per heavy atom. The number of hydrogen-bond acceptors (Lipinski definition) is 6. The van der Waals surface area contributed by atoms with E-state index in [0.717, 1.165) is 41.3 Å². The number of sulfone groups is 1. The highest BCUT2D eigenvalue weighted by molar-refractivity contribution is 7.92. The summed E-state index contributed by atoms with van der Waals surface area (Å²) in [4.78, 5) is 26.9. The van der Waals surface area contributed by atoms with Gasteiger partial charge in [-0.15, -0.1) is 0 Å². The molecule has 3 rings (SSSR count). The molecular weight excluding hydrogens is 650 g/mol. The normalized spacial score (nSPS) is 13.4. The van der Waals surface area contributed by atoms with Crippen LogP contribution in [0.25, 0.3) is 0 Å². The first-order valence-electron chi connectivity index (χ1n) is 17.0. The molecule has 0 heterocycles. The predicted octanol–water partition coefficient (Wildman–Crippen LogP) is 4.96. The molecule has 0 aliphatic rings. The summed E-state index contributed by atoms with van der Waals surface area (Å²) in [6.45, 7) is 6.37. The molecule has 0 aliphatic heterocycles. The average molecular weight is 701 g/mol. The summed E-state index contributed by atoms with van der Waals surface area (Å²) in [6, 6.07) is 16.6. The van der Waals surface area contributed by atoms with Crippen LogP contribution in [0.2, 0.25) is 0 Å². The van der Waals surface area contributed by atoms with Crippen molar-refractivity contribution in [3.63, 3.8) is 0 Å². The zero-order valence-corrected chi connectivity index (χ0v) is 29.4. The number of amides is 3. The Morgan fingerprint density at radius 2 is 1.41 bits per heavy atom. The SMILES string of the molecule is CCCC(CCC)S(=O)(=O)C[C@H](NC(=O)NCc1ccccc1)C(=O)N[C@@H](Cc1cc(F)cc(F)c1)[C@H](O)CNCc1cccc(CC)c1. The number of nitrogens with one attached hydrogen (secondary N) is 4. The second-order valence-corrected chi connectivity index (χ2v) is 14.7. The molecule has 0 unspecified atom stereocenters. The third-order valence-corrected chi connectivity index (χ3v) is 10.6. The summed E-state index contributed by atoms with van der Waals surface area (Å²) < 4.78 is 55.4. The monoisotopic (exact) mass is 700 g/mol. The van der Waals surface area contributed by atoms with E-state index >= 15 is 0 Å². The fourth-order valence-electron chi connectivity index (χ4n) is 5.70. The van der Waals surface area contributed by atoms with E-state index in [-0.39, 0.29) is 25.1 Å². The number of carbonyl (C=O) groups is 2. The van der Waals surface area contributed by atoms with Crippen molar-refractivity contribution in [2.45, 2.75) is 95.8 Å². The van der Waals surface area contributed by atoms with E-state index < -0.39 is 62.6 Å². The van der Waals surface area contributed by atoms with Crippen molar-refractivity contribution in [2.75, 3.05) is 12.3 Å². The van der Waals surface area contributed by atoms with Crippen LogP contribution in [0.15, 0.2) is 72.8 Å². The second-order valence-electron chi connectivity index (χ2n) is 12.4. The third-order valence-electron chi connectivity index (χ3n) is 8.30. The molecule has 0 fully saturated rings. The van der Waals surface area contributed by atoms with Gasteiger partial charge in [0.15, 0.2) is 9.84 Å². The Morgan fingerprint density at radius 3 is 2.04 bits per heavy atom. The van der Waals surface area contributed by atoms with E-state index in [1.807, 2.05) is 75.4 Å². The molecule has 5 N–H and O–H groups in total. The van der Waals surface area contributed by atoms with Crippen LogP contribution in [-0.4, -0.2) is 61.2 Å². The first-order valence-corrected chi connectivity index (χ1v) is 18.7. The number of aryl methyl sites for hydroxylation is 1. The zero-order chi connectivity index (χ0) is 35.8. The van der Waals surface area contributed by atoms with Crippen molar-refractivity contribution >= 4 is 21.8 Å². The van der Waals surface area contributed by atoms with Gasteiger partial charge in [0.2, 0.25) is 5.91 Å². The maximum atomic E-state index is 14.1. The first kappa shape index (κ1) is 39.6. The van der Waals surface area contributed by atoms with Crippen LogP contribution in [0.1, 0.15) is 68.7 Å². The molecule has 0 saturated carbocycles. The van der Waals surface area contributed by atoms with Gasteiger partial charge in [0.1, 0.15) is 17.7 Å². The van der Waals surface area contributed by atoms with Gasteiger partial charge in [0, 0.05) is 25.7 Å². The highest BCUT2D eigenvalue weighted by Gasteiger charge is 2.34. The number of hydrogen-bond donors (Lipinski definition) is 5. The second kappa shape index (κ2) is 20.0. The number of rotatable bonds is 20. The zero-order valence-electron chi connectivity index (χ0n) is 28.6. The minimum absolute atomic E-state index is 0.00211. The topological polar surface area (TPSA) is 137 Å². The van der Waals surface area contributed by atoms with Crippen LogP contribution < -0.4 is 21.3 Å². The van der Waals surface area contributed by atoms with Crippen molar-refractivity contribution in [1.82, 2.24) is 21.3 Å². The molecule has 0 spiro atoms. The lowest BCUT2D eigenvalue weighted by molar-refractivity contribution is -0.124. The van der Waals surface area contributed by atoms with Crippen molar-refractivity contribution in [1.29, 1.82) is 0 Å². The number of aliphatic hydroxyl groups is 1. The van der Waals surface area contributed by atoms with Gasteiger partial charge in [-0.1, -0.05) is 88.2 Å². The fourth-order valence-corrected chi connectivity index (χ4v) is 7.86. The molecule has 3 aromatic carbocycles. The van der Waals surface area contributed by atoms with Crippen molar-refractivity contribution in [3.05, 3.63) is 107 Å². The molecule has 49 heavy (non-hydrogen) atoms. The highest BCUT2D eigenvalue weighted by atomic mass is 32.2. The quantitative estimate of drug-likeness (QED) is 0.113. The van der Waals surface area contributed by atoms with E-state index in [1.165, 1.54) is 0 Å². The lowest BCUT2D eigenvalue weighted by Crippen LogP contribution is -2.58. The van der Waals surface area contributed by atoms with Crippen molar-refractivity contribution in [3.8, 4) is 0 Å². The maximum Gasteiger partial charge on any atom is 0.315 e. The molecule has 0 saturated heterocycles. The summed E-state index contributed by atoms with van der Waals surface area (Å²) in [6.07, 6.45) is 1.51. The Hall–Kier alpha value is -3.87. The van der Waals surface area contributed by atoms with Gasteiger partial charge in [-0.3, -0.25) is 4.79 Å². The smallest absolute Gasteiger partial charge is 0.315 e. The number of aliphatic hydroxyl groups excluding tert-OH is 1. The van der Waals surface area contributed by atoms with Gasteiger partial charge >= 0.3 is 6.03 Å². The van der Waals surface area contributed by atoms with Crippen LogP contribution in [0.5, 0.6) is 0 Å². The molecule has 268 valence electrons. The van der Waals surface area contributed by atoms with Crippen LogP contribution in [0.4, 0.5) is 13.6 Å². The van der Waals surface area contributed by atoms with E-state index in [2.05, 4.69) is 21.3 Å². The van der Waals surface area contributed by atoms with Crippen molar-refractivity contribution < 1.29 is 31.9 Å². The molecule has 3 amide bonds. The summed E-state index contributed by atoms with van der Waals surface area (Å²) in [5, 5.41) is 21.6. The number of urea groups is 1. The third kappa shape index (κ3) is 13.5. The molecule has 0 aromatic heterocycles. The fraction of sp³-hybridized carbons (Fsp3) is 0.459. The molecule has 9 nitrogen and oxygen atoms in total. The van der Waals surface area contributed by atoms with Gasteiger partial charge < -0.3 is 26.4 Å². The van der Waals surface area contributed by atoms with Crippen molar-refractivity contribution in [2.24, 2.45) is 0 Å². The van der Waals surface area contributed by atoms with Gasteiger partial charge in [-0.25, -0.2) is 22.0 Å². The standard InChI is InChI=1S/C37H50F2N4O5S/c1-4-11-32(12-5-2)49(47,48)25-34(43-37(46)41-23-27-13-8-7-9-14-27)36(45)42-33(20-29-18-30(38)21-31(39)19-29)35(44)24-40-22-28-16-10-15-26(6-3)17-28/h7-10,13-19,21,32-35,40,44H,4-6,11-12,20,22-25H2,1-3H3,(H,42,45)(H2,41,43,46)/t33-,34-,35+/m0/s1. The molecule has 0 radical (unpaired) electrons. The van der Waals surface area contributed by atoms with Crippen LogP contribution >= 0.6 is 0 Å². The highest BCUT2D eigenvalue weighted by Crippen LogP contribution is 2.18. The predicted molar refractivity (Wildman–Crippen MR) is 189 cm³/mol. The Bertz CT molecular complexity index is 1570. The summed E-state index contributed by atoms with van der Waals surface area (Å²) in [7, 11) is -3.86. The molecule has 12 heteroatoms. The van der Waals surface area contributed by atoms with Gasteiger partial charge in [-0.05, 0) is 60.1 Å². The Balaban J connectivity index is 1.84. The Labute approximate surface area is 289 Å². The molecular formula is C37H50F2N4O5S. The van der Waals surface area contributed by atoms with E-state index in [0.29, 0.717) is 32.2 Å². The maximum absolute atomic E-state index is 14.1. The van der Waals surface area contributed by atoms with E-state index in [4.69, 9.17) is 0 Å². The Kier molecular flexibility index (Phi) is 16.1. The largest absolute Gasteiger partial charge is 0.390 e. The lowest BCUT2D eigenvalue weighted by atomic mass is 10.00. The summed E-state index contributed by atoms with van der Waals surface area (Å²) >= 11 is 0. The first-order chi connectivity index (χ1) is 23.4. The minimum atomic E-state index is -3.86. The lowest BCUT2D eigenvalue weighted by Gasteiger charge is -2.28. The number of halogens is 2. The van der Waals surface area contributed by atoms with Crippen LogP contribution in [0.3, 0.4) is 0 Å². The average Bonchev–Trinajstić information content (AvgIpc) is 3.06. The molecule has 3 aromatic rings. The van der Waals surface area contributed by atoms with Gasteiger partial charge in [-0.2, -0.15) is 0 Å². The van der Waals surface area contributed by atoms with E-state index in [1.54, 1.807) is 0 Å². The van der Waals surface area contributed by atoms with Crippen LogP contribution in [0, 0.1) is 11.6 Å². The molecule has 0 bridgehead atoms. The summed E-state index contributed by atoms with van der Waals surface area (Å²) in [5.41, 5.74) is 3.13. The van der Waals surface area contributed by atoms with Gasteiger partial charge in [0.25, 0.3) is 0 Å². The van der Waals surface area contributed by atoms with Crippen LogP contribution in [-0.2, 0) is 40.6 Å².